The number of benzene rings is 2. The van der Waals surface area contributed by atoms with Crippen LogP contribution in [0.1, 0.15) is 0 Å². The van der Waals surface area contributed by atoms with Crippen LogP contribution in [0.4, 0.5) is 23.1 Å². The van der Waals surface area contributed by atoms with E-state index in [0.29, 0.717) is 45.9 Å². The van der Waals surface area contributed by atoms with Gasteiger partial charge in [0.1, 0.15) is 5.52 Å². The number of hydrogen-bond acceptors (Lipinski definition) is 8. The molecule has 0 aliphatic rings. The molecule has 0 atom stereocenters. The zero-order valence-electron chi connectivity index (χ0n) is 16.2. The lowest BCUT2D eigenvalue weighted by Crippen LogP contribution is -2.03. The van der Waals surface area contributed by atoms with Gasteiger partial charge in [0, 0.05) is 23.5 Å². The zero-order valence-corrected chi connectivity index (χ0v) is 16.2. The van der Waals surface area contributed by atoms with E-state index in [1.54, 1.807) is 39.8 Å². The van der Waals surface area contributed by atoms with Crippen LogP contribution >= 0.6 is 0 Å². The van der Waals surface area contributed by atoms with Crippen molar-refractivity contribution in [2.75, 3.05) is 32.0 Å². The molecule has 3 N–H and O–H groups in total. The first-order valence-corrected chi connectivity index (χ1v) is 8.82. The van der Waals surface area contributed by atoms with Crippen molar-refractivity contribution >= 4 is 34.3 Å². The Morgan fingerprint density at radius 1 is 0.828 bits per heavy atom. The predicted octanol–water partition coefficient (Wildman–Crippen LogP) is 3.87. The Morgan fingerprint density at radius 3 is 2.21 bits per heavy atom. The second-order valence-corrected chi connectivity index (χ2v) is 6.03. The lowest BCUT2D eigenvalue weighted by molar-refractivity contribution is 0.324. The average Bonchev–Trinajstić information content (AvgIpc) is 3.22. The number of hydrogen-bond donors (Lipinski definition) is 3. The van der Waals surface area contributed by atoms with Gasteiger partial charge in [-0.15, -0.1) is 0 Å². The Labute approximate surface area is 167 Å². The molecule has 4 aromatic rings. The molecule has 0 saturated carbocycles. The molecule has 0 spiro atoms. The number of rotatable bonds is 7. The van der Waals surface area contributed by atoms with Gasteiger partial charge in [-0.05, 0) is 12.1 Å². The summed E-state index contributed by atoms with van der Waals surface area (Å²) < 4.78 is 16.2. The standard InChI is InChI=1S/C20H20N6O3/c1-27-14-9-13(10-15(28-2)17(14)29-3)24-20-25-18-16(21-11-22-18)19(26-20)23-12-7-5-4-6-8-12/h4-11H,1-3H3,(H3,21,22,23,24,25,26). The van der Waals surface area contributed by atoms with Crippen LogP contribution in [-0.4, -0.2) is 41.3 Å². The maximum Gasteiger partial charge on any atom is 0.231 e. The number of para-hydroxylation sites is 1. The van der Waals surface area contributed by atoms with Crippen molar-refractivity contribution in [2.45, 2.75) is 0 Å². The van der Waals surface area contributed by atoms with Crippen LogP contribution in [0.5, 0.6) is 17.2 Å². The van der Waals surface area contributed by atoms with Crippen LogP contribution in [0, 0.1) is 0 Å². The van der Waals surface area contributed by atoms with Crippen molar-refractivity contribution in [3.05, 3.63) is 48.8 Å². The predicted molar refractivity (Wildman–Crippen MR) is 111 cm³/mol. The molecule has 29 heavy (non-hydrogen) atoms. The van der Waals surface area contributed by atoms with Crippen molar-refractivity contribution in [1.29, 1.82) is 0 Å². The molecule has 2 heterocycles. The highest BCUT2D eigenvalue weighted by Crippen LogP contribution is 2.40. The molecule has 2 aromatic carbocycles. The number of H-pyrrole nitrogens is 1. The quantitative estimate of drug-likeness (QED) is 0.435. The fraction of sp³-hybridized carbons (Fsp3) is 0.150. The summed E-state index contributed by atoms with van der Waals surface area (Å²) in [7, 11) is 4.69. The third kappa shape index (κ3) is 3.70. The lowest BCUT2D eigenvalue weighted by atomic mass is 10.2. The summed E-state index contributed by atoms with van der Waals surface area (Å²) in [6.07, 6.45) is 1.58. The number of ether oxygens (including phenoxy) is 3. The van der Waals surface area contributed by atoms with E-state index in [1.165, 1.54) is 0 Å². The Morgan fingerprint density at radius 2 is 1.55 bits per heavy atom. The van der Waals surface area contributed by atoms with Crippen LogP contribution in [0.3, 0.4) is 0 Å². The largest absolute Gasteiger partial charge is 0.493 e. The highest BCUT2D eigenvalue weighted by Gasteiger charge is 2.15. The van der Waals surface area contributed by atoms with Crippen molar-refractivity contribution < 1.29 is 14.2 Å². The Hall–Kier alpha value is -4.01. The molecule has 0 unspecified atom stereocenters. The molecule has 148 valence electrons. The molecule has 2 aromatic heterocycles. The summed E-state index contributed by atoms with van der Waals surface area (Å²) >= 11 is 0. The van der Waals surface area contributed by atoms with E-state index in [4.69, 9.17) is 14.2 Å². The molecule has 9 heteroatoms. The molecule has 9 nitrogen and oxygen atoms in total. The molecule has 4 rings (SSSR count). The first kappa shape index (κ1) is 18.4. The number of nitrogens with one attached hydrogen (secondary N) is 3. The average molecular weight is 392 g/mol. The van der Waals surface area contributed by atoms with Crippen LogP contribution in [-0.2, 0) is 0 Å². The van der Waals surface area contributed by atoms with Gasteiger partial charge in [-0.2, -0.15) is 9.97 Å². The third-order valence-corrected chi connectivity index (χ3v) is 4.24. The van der Waals surface area contributed by atoms with E-state index >= 15 is 0 Å². The summed E-state index contributed by atoms with van der Waals surface area (Å²) in [5, 5.41) is 6.47. The van der Waals surface area contributed by atoms with Crippen molar-refractivity contribution in [3.8, 4) is 17.2 Å². The van der Waals surface area contributed by atoms with Gasteiger partial charge in [0.15, 0.2) is 23.0 Å². The topological polar surface area (TPSA) is 106 Å². The second kappa shape index (κ2) is 7.93. The lowest BCUT2D eigenvalue weighted by Gasteiger charge is -2.15. The van der Waals surface area contributed by atoms with Crippen LogP contribution in [0.25, 0.3) is 11.2 Å². The minimum Gasteiger partial charge on any atom is -0.493 e. The minimum atomic E-state index is 0.373. The van der Waals surface area contributed by atoms with Crippen molar-refractivity contribution in [3.63, 3.8) is 0 Å². The summed E-state index contributed by atoms with van der Waals surface area (Å²) in [5.74, 6) is 2.54. The number of fused-ring (bicyclic) bond motifs is 1. The van der Waals surface area contributed by atoms with Crippen LogP contribution in [0.2, 0.25) is 0 Å². The Kier molecular flexibility index (Phi) is 5.02. The number of anilines is 4. The van der Waals surface area contributed by atoms with E-state index in [9.17, 15) is 0 Å². The molecule has 0 aliphatic carbocycles. The number of imidazole rings is 1. The normalized spacial score (nSPS) is 10.6. The maximum absolute atomic E-state index is 5.40. The first-order valence-electron chi connectivity index (χ1n) is 8.82. The van der Waals surface area contributed by atoms with Gasteiger partial charge in [-0.25, -0.2) is 4.98 Å². The van der Waals surface area contributed by atoms with Gasteiger partial charge in [0.25, 0.3) is 0 Å². The molecule has 0 saturated heterocycles. The number of aromatic nitrogens is 4. The molecular formula is C20H20N6O3. The third-order valence-electron chi connectivity index (χ3n) is 4.24. The van der Waals surface area contributed by atoms with Crippen LogP contribution < -0.4 is 24.8 Å². The summed E-state index contributed by atoms with van der Waals surface area (Å²) in [5.41, 5.74) is 2.83. The highest BCUT2D eigenvalue weighted by atomic mass is 16.5. The van der Waals surface area contributed by atoms with Crippen molar-refractivity contribution in [2.24, 2.45) is 0 Å². The van der Waals surface area contributed by atoms with Gasteiger partial charge in [0.05, 0.1) is 27.7 Å². The van der Waals surface area contributed by atoms with Gasteiger partial charge in [0.2, 0.25) is 11.7 Å². The van der Waals surface area contributed by atoms with Gasteiger partial charge in [-0.1, -0.05) is 18.2 Å². The van der Waals surface area contributed by atoms with E-state index in [-0.39, 0.29) is 0 Å². The smallest absolute Gasteiger partial charge is 0.231 e. The Balaban J connectivity index is 1.72. The second-order valence-electron chi connectivity index (χ2n) is 6.03. The summed E-state index contributed by atoms with van der Waals surface area (Å²) in [6.45, 7) is 0. The van der Waals surface area contributed by atoms with E-state index in [0.717, 1.165) is 5.69 Å². The minimum absolute atomic E-state index is 0.373. The van der Waals surface area contributed by atoms with Crippen molar-refractivity contribution in [1.82, 2.24) is 19.9 Å². The first-order chi connectivity index (χ1) is 14.2. The molecular weight excluding hydrogens is 372 g/mol. The van der Waals surface area contributed by atoms with Gasteiger partial charge >= 0.3 is 0 Å². The summed E-state index contributed by atoms with van der Waals surface area (Å²) in [6, 6.07) is 13.3. The summed E-state index contributed by atoms with van der Waals surface area (Å²) in [4.78, 5) is 16.4. The molecule has 0 radical (unpaired) electrons. The molecule has 0 aliphatic heterocycles. The molecule has 0 bridgehead atoms. The van der Waals surface area contributed by atoms with Gasteiger partial charge < -0.3 is 29.8 Å². The van der Waals surface area contributed by atoms with Gasteiger partial charge in [-0.3, -0.25) is 0 Å². The molecule has 0 amide bonds. The zero-order chi connectivity index (χ0) is 20.2. The number of nitrogens with zero attached hydrogens (tertiary/aromatic N) is 3. The monoisotopic (exact) mass is 392 g/mol. The highest BCUT2D eigenvalue weighted by molar-refractivity contribution is 5.86. The number of methoxy groups -OCH3 is 3. The molecule has 0 fully saturated rings. The number of aromatic amines is 1. The SMILES string of the molecule is COc1cc(Nc2nc(Nc3ccccc3)c3[nH]cnc3n2)cc(OC)c1OC. The van der Waals surface area contributed by atoms with E-state index in [1.807, 2.05) is 30.3 Å². The Bertz CT molecular complexity index is 1100. The fourth-order valence-electron chi connectivity index (χ4n) is 2.92. The van der Waals surface area contributed by atoms with Crippen LogP contribution in [0.15, 0.2) is 48.8 Å². The van der Waals surface area contributed by atoms with E-state index < -0.39 is 0 Å². The van der Waals surface area contributed by atoms with E-state index in [2.05, 4.69) is 30.6 Å². The maximum atomic E-state index is 5.40. The fourth-order valence-corrected chi connectivity index (χ4v) is 2.92.